The molecule has 19 heavy (non-hydrogen) atoms. The Kier molecular flexibility index (Phi) is 3.29. The van der Waals surface area contributed by atoms with Gasteiger partial charge in [-0.2, -0.15) is 20.4 Å². The van der Waals surface area contributed by atoms with E-state index in [2.05, 4.69) is 25.6 Å². The highest BCUT2D eigenvalue weighted by Crippen LogP contribution is 2.37. The van der Waals surface area contributed by atoms with Crippen LogP contribution in [0.15, 0.2) is 10.7 Å². The molecule has 0 saturated heterocycles. The van der Waals surface area contributed by atoms with E-state index < -0.39 is 0 Å². The maximum absolute atomic E-state index is 6.01. The molecule has 7 heteroatoms. The lowest BCUT2D eigenvalue weighted by Gasteiger charge is -2.26. The van der Waals surface area contributed by atoms with Crippen LogP contribution in [0.1, 0.15) is 44.4 Å². The summed E-state index contributed by atoms with van der Waals surface area (Å²) in [6, 6.07) is 0. The van der Waals surface area contributed by atoms with Gasteiger partial charge in [-0.25, -0.2) is 0 Å². The summed E-state index contributed by atoms with van der Waals surface area (Å²) >= 11 is 0. The zero-order chi connectivity index (χ0) is 13.1. The van der Waals surface area contributed by atoms with Gasteiger partial charge in [-0.1, -0.05) is 30.8 Å². The Labute approximate surface area is 111 Å². The van der Waals surface area contributed by atoms with E-state index in [0.29, 0.717) is 24.0 Å². The van der Waals surface area contributed by atoms with Crippen molar-refractivity contribution in [3.63, 3.8) is 0 Å². The van der Waals surface area contributed by atoms with E-state index in [0.717, 1.165) is 12.8 Å². The molecule has 1 aliphatic rings. The highest BCUT2D eigenvalue weighted by Gasteiger charge is 2.37. The summed E-state index contributed by atoms with van der Waals surface area (Å²) in [5, 5.41) is 14.2. The fraction of sp³-hybridized carbons (Fsp3) is 0.667. The van der Waals surface area contributed by atoms with Crippen LogP contribution in [-0.4, -0.2) is 32.1 Å². The quantitative estimate of drug-likeness (QED) is 0.810. The first-order valence-electron chi connectivity index (χ1n) is 6.74. The lowest BCUT2D eigenvalue weighted by molar-refractivity contribution is 0.257. The predicted molar refractivity (Wildman–Crippen MR) is 68.1 cm³/mol. The third kappa shape index (κ3) is 2.25. The van der Waals surface area contributed by atoms with Crippen molar-refractivity contribution < 1.29 is 4.52 Å². The van der Waals surface area contributed by atoms with E-state index in [4.69, 9.17) is 10.3 Å². The Morgan fingerprint density at radius 2 is 2.05 bits per heavy atom. The molecule has 102 valence electrons. The lowest BCUT2D eigenvalue weighted by Crippen LogP contribution is -2.35. The number of hydrogen-bond acceptors (Lipinski definition) is 6. The van der Waals surface area contributed by atoms with Crippen LogP contribution in [0.4, 0.5) is 0 Å². The van der Waals surface area contributed by atoms with Crippen LogP contribution in [0, 0.1) is 0 Å². The molecular formula is C12H18N6O. The molecule has 0 radical (unpaired) electrons. The van der Waals surface area contributed by atoms with Crippen molar-refractivity contribution in [1.29, 1.82) is 0 Å². The average Bonchev–Trinajstić information content (AvgIpc) is 3.06. The van der Waals surface area contributed by atoms with Crippen molar-refractivity contribution >= 4 is 0 Å². The van der Waals surface area contributed by atoms with Crippen LogP contribution in [-0.2, 0) is 5.41 Å². The van der Waals surface area contributed by atoms with Crippen molar-refractivity contribution in [2.24, 2.45) is 5.73 Å². The molecule has 1 aliphatic carbocycles. The van der Waals surface area contributed by atoms with Crippen molar-refractivity contribution in [2.75, 3.05) is 6.54 Å². The zero-order valence-electron chi connectivity index (χ0n) is 10.8. The van der Waals surface area contributed by atoms with Gasteiger partial charge in [0, 0.05) is 6.54 Å². The second-order valence-corrected chi connectivity index (χ2v) is 5.18. The third-order valence-electron chi connectivity index (χ3n) is 3.98. The molecule has 0 atom stereocenters. The SMILES string of the molecule is NCC1(c2nc(-c3cn[nH]n3)no2)CCCCCC1. The number of aromatic amines is 1. The van der Waals surface area contributed by atoms with Gasteiger partial charge in [0.25, 0.3) is 0 Å². The van der Waals surface area contributed by atoms with Gasteiger partial charge in [0.15, 0.2) is 5.69 Å². The van der Waals surface area contributed by atoms with Gasteiger partial charge in [0.1, 0.15) is 0 Å². The molecule has 0 aromatic carbocycles. The summed E-state index contributed by atoms with van der Waals surface area (Å²) < 4.78 is 5.45. The summed E-state index contributed by atoms with van der Waals surface area (Å²) in [6.07, 6.45) is 8.46. The Morgan fingerprint density at radius 1 is 1.26 bits per heavy atom. The van der Waals surface area contributed by atoms with Gasteiger partial charge in [-0.3, -0.25) is 0 Å². The van der Waals surface area contributed by atoms with Crippen molar-refractivity contribution in [3.05, 3.63) is 12.1 Å². The lowest BCUT2D eigenvalue weighted by atomic mass is 9.80. The first-order chi connectivity index (χ1) is 9.34. The first kappa shape index (κ1) is 12.3. The zero-order valence-corrected chi connectivity index (χ0v) is 10.8. The number of nitrogens with one attached hydrogen (secondary N) is 1. The van der Waals surface area contributed by atoms with Crippen LogP contribution < -0.4 is 5.73 Å². The summed E-state index contributed by atoms with van der Waals surface area (Å²) in [6.45, 7) is 0.549. The molecule has 0 unspecified atom stereocenters. The topological polar surface area (TPSA) is 107 Å². The maximum atomic E-state index is 6.01. The van der Waals surface area contributed by atoms with Gasteiger partial charge in [0.05, 0.1) is 11.6 Å². The smallest absolute Gasteiger partial charge is 0.234 e. The number of nitrogens with two attached hydrogens (primary N) is 1. The number of hydrogen-bond donors (Lipinski definition) is 2. The van der Waals surface area contributed by atoms with Crippen LogP contribution in [0.25, 0.3) is 11.5 Å². The minimum absolute atomic E-state index is 0.161. The molecular weight excluding hydrogens is 244 g/mol. The van der Waals surface area contributed by atoms with E-state index >= 15 is 0 Å². The number of aromatic nitrogens is 5. The number of nitrogens with zero attached hydrogens (tertiary/aromatic N) is 4. The van der Waals surface area contributed by atoms with Gasteiger partial charge in [-0.15, -0.1) is 0 Å². The van der Waals surface area contributed by atoms with Crippen molar-refractivity contribution in [3.8, 4) is 11.5 Å². The van der Waals surface area contributed by atoms with Crippen LogP contribution in [0.3, 0.4) is 0 Å². The molecule has 3 rings (SSSR count). The molecule has 0 spiro atoms. The fourth-order valence-corrected chi connectivity index (χ4v) is 2.76. The molecule has 1 fully saturated rings. The van der Waals surface area contributed by atoms with Crippen LogP contribution in [0.5, 0.6) is 0 Å². The summed E-state index contributed by atoms with van der Waals surface area (Å²) in [5.41, 5.74) is 6.44. The first-order valence-corrected chi connectivity index (χ1v) is 6.74. The average molecular weight is 262 g/mol. The molecule has 3 N–H and O–H groups in total. The van der Waals surface area contributed by atoms with Crippen molar-refractivity contribution in [1.82, 2.24) is 25.6 Å². The Bertz CT molecular complexity index is 512. The molecule has 2 aromatic rings. The van der Waals surface area contributed by atoms with Gasteiger partial charge in [0.2, 0.25) is 11.7 Å². The van der Waals surface area contributed by atoms with Gasteiger partial charge >= 0.3 is 0 Å². The molecule has 7 nitrogen and oxygen atoms in total. The monoisotopic (exact) mass is 262 g/mol. The molecule has 0 aliphatic heterocycles. The predicted octanol–water partition coefficient (Wildman–Crippen LogP) is 1.41. The molecule has 2 aromatic heterocycles. The second-order valence-electron chi connectivity index (χ2n) is 5.18. The molecule has 0 bridgehead atoms. The standard InChI is InChI=1S/C12H18N6O/c13-8-12(5-3-1-2-4-6-12)11-15-10(17-19-11)9-7-14-18-16-9/h7H,1-6,8,13H2,(H,14,16,18). The summed E-state index contributed by atoms with van der Waals surface area (Å²) in [4.78, 5) is 4.48. The van der Waals surface area contributed by atoms with Crippen LogP contribution in [0.2, 0.25) is 0 Å². The van der Waals surface area contributed by atoms with Gasteiger partial charge in [-0.05, 0) is 12.8 Å². The number of rotatable bonds is 3. The van der Waals surface area contributed by atoms with E-state index in [9.17, 15) is 0 Å². The van der Waals surface area contributed by atoms with E-state index in [1.807, 2.05) is 0 Å². The Hall–Kier alpha value is -1.76. The van der Waals surface area contributed by atoms with Crippen molar-refractivity contribution in [2.45, 2.75) is 43.9 Å². The van der Waals surface area contributed by atoms with Gasteiger partial charge < -0.3 is 10.3 Å². The minimum Gasteiger partial charge on any atom is -0.338 e. The summed E-state index contributed by atoms with van der Waals surface area (Å²) in [7, 11) is 0. The highest BCUT2D eigenvalue weighted by atomic mass is 16.5. The molecule has 0 amide bonds. The maximum Gasteiger partial charge on any atom is 0.234 e. The van der Waals surface area contributed by atoms with E-state index in [-0.39, 0.29) is 5.41 Å². The minimum atomic E-state index is -0.161. The Balaban J connectivity index is 1.91. The Morgan fingerprint density at radius 3 is 2.68 bits per heavy atom. The second kappa shape index (κ2) is 5.08. The molecule has 1 saturated carbocycles. The fourth-order valence-electron chi connectivity index (χ4n) is 2.76. The highest BCUT2D eigenvalue weighted by molar-refractivity contribution is 5.45. The van der Waals surface area contributed by atoms with Crippen LogP contribution >= 0.6 is 0 Å². The third-order valence-corrected chi connectivity index (χ3v) is 3.98. The van der Waals surface area contributed by atoms with E-state index in [1.54, 1.807) is 6.20 Å². The molecule has 2 heterocycles. The largest absolute Gasteiger partial charge is 0.338 e. The normalized spacial score (nSPS) is 19.2. The summed E-state index contributed by atoms with van der Waals surface area (Å²) in [5.74, 6) is 1.12. The number of H-pyrrole nitrogens is 1. The van der Waals surface area contributed by atoms with E-state index in [1.165, 1.54) is 25.7 Å².